The molecule has 3 atom stereocenters. The smallest absolute Gasteiger partial charge is 0.195 e. The minimum absolute atomic E-state index is 0.194. The van der Waals surface area contributed by atoms with Crippen LogP contribution >= 0.6 is 0 Å². The Morgan fingerprint density at radius 1 is 0.617 bits per heavy atom. The van der Waals surface area contributed by atoms with Crippen molar-refractivity contribution in [1.82, 2.24) is 34.3 Å². The predicted molar refractivity (Wildman–Crippen MR) is 202 cm³/mol. The van der Waals surface area contributed by atoms with E-state index in [1.807, 2.05) is 0 Å². The van der Waals surface area contributed by atoms with Gasteiger partial charge in [-0.05, 0) is 113 Å². The Hall–Kier alpha value is -0.280. The van der Waals surface area contributed by atoms with E-state index in [2.05, 4.69) is 104 Å². The summed E-state index contributed by atoms with van der Waals surface area (Å²) in [5.41, 5.74) is 0. The topological polar surface area (TPSA) is 22.7 Å². The van der Waals surface area contributed by atoms with Gasteiger partial charge in [-0.2, -0.15) is 0 Å². The highest BCUT2D eigenvalue weighted by atomic mass is 15.8. The van der Waals surface area contributed by atoms with Crippen molar-refractivity contribution in [3.63, 3.8) is 0 Å². The van der Waals surface area contributed by atoms with Gasteiger partial charge in [0.1, 0.15) is 0 Å². The number of likely N-dealkylation sites (N-methyl/N-ethyl adjacent to an activating group) is 2. The van der Waals surface area contributed by atoms with E-state index in [0.29, 0.717) is 30.2 Å². The van der Waals surface area contributed by atoms with E-state index in [-0.39, 0.29) is 11.7 Å². The third-order valence-electron chi connectivity index (χ3n) is 12.7. The van der Waals surface area contributed by atoms with Gasteiger partial charge >= 0.3 is 0 Å². The number of likely N-dealkylation sites (tertiary alicyclic amines) is 2. The maximum Gasteiger partial charge on any atom is 0.195 e. The van der Waals surface area contributed by atoms with Crippen molar-refractivity contribution >= 4 is 0 Å². The molecule has 2 saturated heterocycles. The van der Waals surface area contributed by atoms with Crippen molar-refractivity contribution in [2.45, 2.75) is 200 Å². The van der Waals surface area contributed by atoms with E-state index in [4.69, 9.17) is 0 Å². The zero-order chi connectivity index (χ0) is 34.2. The summed E-state index contributed by atoms with van der Waals surface area (Å²) >= 11 is 0. The van der Waals surface area contributed by atoms with Gasteiger partial charge in [-0.25, -0.2) is 4.90 Å². The van der Waals surface area contributed by atoms with Crippen LogP contribution in [0.15, 0.2) is 0 Å². The molecule has 2 aliphatic carbocycles. The van der Waals surface area contributed by atoms with E-state index in [0.717, 1.165) is 32.7 Å². The van der Waals surface area contributed by atoms with Crippen LogP contribution in [0.1, 0.15) is 158 Å². The standard InChI is InChI=1S/C40H81N7/c1-11-29-43(30-12-2)39(42(13-3)14-4)38(41(9)10)28-33-45(39)40(44-31-22-17-23-32-44,46(34(5)6)35(7)8)47(36-24-18-15-19-25-36)37-26-20-16-21-27-37/h34-38H,11-33H2,1-10H3. The van der Waals surface area contributed by atoms with Gasteiger partial charge < -0.3 is 4.90 Å². The lowest BCUT2D eigenvalue weighted by atomic mass is 9.86. The van der Waals surface area contributed by atoms with Crippen LogP contribution in [0.2, 0.25) is 0 Å². The molecule has 4 fully saturated rings. The van der Waals surface area contributed by atoms with Gasteiger partial charge in [0.05, 0.1) is 6.04 Å². The van der Waals surface area contributed by atoms with E-state index >= 15 is 0 Å². The lowest BCUT2D eigenvalue weighted by Crippen LogP contribution is -2.89. The van der Waals surface area contributed by atoms with Crippen LogP contribution in [0, 0.1) is 0 Å². The molecule has 7 nitrogen and oxygen atoms in total. The summed E-state index contributed by atoms with van der Waals surface area (Å²) in [6.45, 7) is 27.9. The SMILES string of the molecule is CCCN(CCC)C1(N(CC)CC)C(N(C)C)CCN1C(N1CCCCC1)(N(C(C)C)C(C)C)N(C1CCCCC1)C1CCCCC1. The maximum atomic E-state index is 3.31. The summed E-state index contributed by atoms with van der Waals surface area (Å²) in [5.74, 6) is -0.472. The van der Waals surface area contributed by atoms with E-state index in [9.17, 15) is 0 Å². The molecule has 0 bridgehead atoms. The van der Waals surface area contributed by atoms with Gasteiger partial charge in [-0.15, -0.1) is 0 Å². The van der Waals surface area contributed by atoms with Gasteiger partial charge in [0.25, 0.3) is 0 Å². The molecular formula is C40H81N7. The predicted octanol–water partition coefficient (Wildman–Crippen LogP) is 7.92. The molecule has 2 aliphatic heterocycles. The Morgan fingerprint density at radius 2 is 1.09 bits per heavy atom. The number of rotatable bonds is 17. The summed E-state index contributed by atoms with van der Waals surface area (Å²) in [5, 5.41) is 0. The van der Waals surface area contributed by atoms with Gasteiger partial charge in [0.2, 0.25) is 0 Å². The zero-order valence-corrected chi connectivity index (χ0v) is 33.3. The molecule has 0 aromatic carbocycles. The Balaban J connectivity index is 2.17. The maximum absolute atomic E-state index is 3.31. The van der Waals surface area contributed by atoms with Crippen molar-refractivity contribution in [3.8, 4) is 0 Å². The Bertz CT molecular complexity index is 842. The molecule has 3 unspecified atom stereocenters. The molecular weight excluding hydrogens is 578 g/mol. The second kappa shape index (κ2) is 18.3. The van der Waals surface area contributed by atoms with Gasteiger partial charge in [0.15, 0.2) is 11.7 Å². The van der Waals surface area contributed by atoms with E-state index in [1.165, 1.54) is 116 Å². The van der Waals surface area contributed by atoms with Crippen LogP contribution in [-0.4, -0.2) is 136 Å². The summed E-state index contributed by atoms with van der Waals surface area (Å²) < 4.78 is 0. The van der Waals surface area contributed by atoms with Crippen molar-refractivity contribution in [2.75, 3.05) is 59.9 Å². The van der Waals surface area contributed by atoms with Crippen LogP contribution in [0.3, 0.4) is 0 Å². The Morgan fingerprint density at radius 3 is 1.49 bits per heavy atom. The fourth-order valence-electron chi connectivity index (χ4n) is 11.3. The molecule has 4 aliphatic rings. The second-order valence-corrected chi connectivity index (χ2v) is 16.5. The highest BCUT2D eigenvalue weighted by Crippen LogP contribution is 2.51. The first-order chi connectivity index (χ1) is 22.7. The summed E-state index contributed by atoms with van der Waals surface area (Å²) in [4.78, 5) is 21.3. The number of nitrogens with zero attached hydrogens (tertiary/aromatic N) is 7. The molecule has 47 heavy (non-hydrogen) atoms. The van der Waals surface area contributed by atoms with Gasteiger partial charge in [0, 0.05) is 56.9 Å². The van der Waals surface area contributed by atoms with Crippen LogP contribution in [0.4, 0.5) is 0 Å². The third-order valence-corrected chi connectivity index (χ3v) is 12.7. The van der Waals surface area contributed by atoms with Gasteiger partial charge in [-0.1, -0.05) is 72.6 Å². The number of piperidine rings is 1. The van der Waals surface area contributed by atoms with Crippen molar-refractivity contribution < 1.29 is 0 Å². The number of hydrogen-bond donors (Lipinski definition) is 0. The lowest BCUT2D eigenvalue weighted by molar-refractivity contribution is -0.356. The quantitative estimate of drug-likeness (QED) is 0.146. The normalized spacial score (nSPS) is 27.9. The minimum atomic E-state index is -0.278. The molecule has 2 heterocycles. The first-order valence-electron chi connectivity index (χ1n) is 20.9. The van der Waals surface area contributed by atoms with Crippen LogP contribution < -0.4 is 0 Å². The third kappa shape index (κ3) is 7.67. The molecule has 0 spiro atoms. The highest BCUT2D eigenvalue weighted by Gasteiger charge is 2.68. The first kappa shape index (κ1) is 39.5. The fraction of sp³-hybridized carbons (Fsp3) is 1.00. The Kier molecular flexibility index (Phi) is 15.4. The Labute approximate surface area is 293 Å². The van der Waals surface area contributed by atoms with E-state index < -0.39 is 0 Å². The molecule has 0 radical (unpaired) electrons. The molecule has 0 amide bonds. The zero-order valence-electron chi connectivity index (χ0n) is 33.3. The highest BCUT2D eigenvalue weighted by molar-refractivity contribution is 5.13. The molecule has 276 valence electrons. The number of hydrogen-bond acceptors (Lipinski definition) is 7. The molecule has 2 saturated carbocycles. The first-order valence-corrected chi connectivity index (χ1v) is 20.9. The summed E-state index contributed by atoms with van der Waals surface area (Å²) in [7, 11) is 4.79. The second-order valence-electron chi connectivity index (χ2n) is 16.5. The average molecular weight is 660 g/mol. The van der Waals surface area contributed by atoms with Gasteiger partial charge in [-0.3, -0.25) is 24.5 Å². The molecule has 4 rings (SSSR count). The molecule has 7 heteroatoms. The monoisotopic (exact) mass is 660 g/mol. The van der Waals surface area contributed by atoms with Crippen molar-refractivity contribution in [3.05, 3.63) is 0 Å². The summed E-state index contributed by atoms with van der Waals surface area (Å²) in [6, 6.07) is 2.60. The largest absolute Gasteiger partial charge is 0.302 e. The van der Waals surface area contributed by atoms with Crippen molar-refractivity contribution in [1.29, 1.82) is 0 Å². The molecule has 0 N–H and O–H groups in total. The minimum Gasteiger partial charge on any atom is -0.302 e. The van der Waals surface area contributed by atoms with Crippen molar-refractivity contribution in [2.24, 2.45) is 0 Å². The summed E-state index contributed by atoms with van der Waals surface area (Å²) in [6.07, 6.45) is 21.5. The van der Waals surface area contributed by atoms with Crippen LogP contribution in [0.5, 0.6) is 0 Å². The molecule has 0 aromatic rings. The van der Waals surface area contributed by atoms with Crippen LogP contribution in [-0.2, 0) is 0 Å². The average Bonchev–Trinajstić information content (AvgIpc) is 3.47. The fourth-order valence-corrected chi connectivity index (χ4v) is 11.3. The van der Waals surface area contributed by atoms with E-state index in [1.54, 1.807) is 0 Å². The van der Waals surface area contributed by atoms with Crippen LogP contribution in [0.25, 0.3) is 0 Å². The molecule has 0 aromatic heterocycles. The lowest BCUT2D eigenvalue weighted by Gasteiger charge is -2.71.